The van der Waals surface area contributed by atoms with Crippen molar-refractivity contribution >= 4 is 8.56 Å². The molecule has 0 fully saturated rings. The second-order valence-electron chi connectivity index (χ2n) is 4.98. The third-order valence-electron chi connectivity index (χ3n) is 3.14. The van der Waals surface area contributed by atoms with E-state index in [0.29, 0.717) is 0 Å². The largest absolute Gasteiger partial charge is 0.497 e. The molecule has 0 saturated carbocycles. The maximum atomic E-state index is 5.79. The van der Waals surface area contributed by atoms with Gasteiger partial charge in [0.15, 0.2) is 0 Å². The maximum Gasteiger partial charge on any atom is 0.354 e. The summed E-state index contributed by atoms with van der Waals surface area (Å²) in [6, 6.07) is 0. The van der Waals surface area contributed by atoms with Crippen LogP contribution in [0.5, 0.6) is 0 Å². The minimum absolute atomic E-state index is 0.00516. The molecule has 0 amide bonds. The van der Waals surface area contributed by atoms with Crippen molar-refractivity contribution in [3.05, 3.63) is 24.0 Å². The van der Waals surface area contributed by atoms with Gasteiger partial charge in [0.1, 0.15) is 5.76 Å². The Morgan fingerprint density at radius 1 is 1.12 bits per heavy atom. The Morgan fingerprint density at radius 3 is 2.00 bits per heavy atom. The smallest absolute Gasteiger partial charge is 0.354 e. The van der Waals surface area contributed by atoms with E-state index in [1.54, 1.807) is 21.3 Å². The Labute approximate surface area is 99.3 Å². The summed E-state index contributed by atoms with van der Waals surface area (Å²) >= 11 is 0. The van der Waals surface area contributed by atoms with Crippen molar-refractivity contribution in [1.82, 2.24) is 0 Å². The first-order chi connectivity index (χ1) is 7.41. The van der Waals surface area contributed by atoms with Gasteiger partial charge < -0.3 is 13.6 Å². The van der Waals surface area contributed by atoms with Crippen molar-refractivity contribution in [3.63, 3.8) is 0 Å². The molecular formula is C12H22O3Si. The Hall–Kier alpha value is -0.583. The van der Waals surface area contributed by atoms with Crippen molar-refractivity contribution in [2.45, 2.75) is 31.4 Å². The fourth-order valence-electron chi connectivity index (χ4n) is 2.33. The fraction of sp³-hybridized carbons (Fsp3) is 0.667. The molecule has 1 atom stereocenters. The highest BCUT2D eigenvalue weighted by atomic mass is 28.4. The summed E-state index contributed by atoms with van der Waals surface area (Å²) in [6.07, 6.45) is 6.18. The molecule has 0 bridgehead atoms. The van der Waals surface area contributed by atoms with Crippen molar-refractivity contribution in [2.75, 3.05) is 21.3 Å². The first-order valence-corrected chi connectivity index (χ1v) is 7.35. The summed E-state index contributed by atoms with van der Waals surface area (Å²) in [5.74, 6) is 0.889. The molecular weight excluding hydrogens is 220 g/mol. The van der Waals surface area contributed by atoms with Crippen molar-refractivity contribution in [1.29, 1.82) is 0 Å². The molecule has 0 aromatic heterocycles. The van der Waals surface area contributed by atoms with Gasteiger partial charge in [0.05, 0.1) is 7.11 Å². The standard InChI is InChI=1S/C12H22O3Si/c1-12(2,3)16(14-5,15-6)11-8-7-10(9-11)13-4/h7-9,11H,1-6H3. The summed E-state index contributed by atoms with van der Waals surface area (Å²) in [6.45, 7) is 6.50. The zero-order valence-electron chi connectivity index (χ0n) is 11.0. The minimum Gasteiger partial charge on any atom is -0.497 e. The molecule has 0 spiro atoms. The molecule has 16 heavy (non-hydrogen) atoms. The van der Waals surface area contributed by atoms with Gasteiger partial charge in [0, 0.05) is 24.8 Å². The van der Waals surface area contributed by atoms with E-state index in [-0.39, 0.29) is 10.6 Å². The zero-order chi connectivity index (χ0) is 12.4. The molecule has 92 valence electrons. The van der Waals surface area contributed by atoms with E-state index in [0.717, 1.165) is 5.76 Å². The highest BCUT2D eigenvalue weighted by molar-refractivity contribution is 6.73. The number of ether oxygens (including phenoxy) is 1. The zero-order valence-corrected chi connectivity index (χ0v) is 12.0. The van der Waals surface area contributed by atoms with Gasteiger partial charge >= 0.3 is 8.56 Å². The van der Waals surface area contributed by atoms with Gasteiger partial charge in [-0.15, -0.1) is 0 Å². The lowest BCUT2D eigenvalue weighted by Crippen LogP contribution is -2.51. The number of allylic oxidation sites excluding steroid dienone is 3. The predicted molar refractivity (Wildman–Crippen MR) is 67.5 cm³/mol. The molecule has 0 aromatic carbocycles. The normalized spacial score (nSPS) is 21.1. The van der Waals surface area contributed by atoms with Crippen LogP contribution >= 0.6 is 0 Å². The van der Waals surface area contributed by atoms with E-state index < -0.39 is 8.56 Å². The van der Waals surface area contributed by atoms with Gasteiger partial charge in [-0.3, -0.25) is 0 Å². The van der Waals surface area contributed by atoms with Crippen LogP contribution in [-0.4, -0.2) is 29.9 Å². The lowest BCUT2D eigenvalue weighted by molar-refractivity contribution is 0.210. The lowest BCUT2D eigenvalue weighted by Gasteiger charge is -2.41. The molecule has 0 heterocycles. The van der Waals surface area contributed by atoms with E-state index in [1.807, 2.05) is 6.08 Å². The maximum absolute atomic E-state index is 5.79. The summed E-state index contributed by atoms with van der Waals surface area (Å²) in [5, 5.41) is 0.00516. The van der Waals surface area contributed by atoms with E-state index in [9.17, 15) is 0 Å². The van der Waals surface area contributed by atoms with E-state index in [1.165, 1.54) is 0 Å². The molecule has 1 unspecified atom stereocenters. The minimum atomic E-state index is -2.31. The fourth-order valence-corrected chi connectivity index (χ4v) is 6.00. The van der Waals surface area contributed by atoms with Crippen LogP contribution in [-0.2, 0) is 13.6 Å². The Morgan fingerprint density at radius 2 is 1.69 bits per heavy atom. The predicted octanol–water partition coefficient (Wildman–Crippen LogP) is 2.99. The van der Waals surface area contributed by atoms with Gasteiger partial charge in [-0.1, -0.05) is 26.8 Å². The lowest BCUT2D eigenvalue weighted by atomic mass is 10.2. The Kier molecular flexibility index (Phi) is 3.99. The molecule has 4 heteroatoms. The topological polar surface area (TPSA) is 27.7 Å². The van der Waals surface area contributed by atoms with Crippen LogP contribution in [0.4, 0.5) is 0 Å². The Bertz CT molecular complexity index is 298. The second kappa shape index (κ2) is 4.73. The average molecular weight is 242 g/mol. The molecule has 3 nitrogen and oxygen atoms in total. The monoisotopic (exact) mass is 242 g/mol. The molecule has 0 aliphatic heterocycles. The second-order valence-corrected chi connectivity index (χ2v) is 9.30. The van der Waals surface area contributed by atoms with Gasteiger partial charge in [-0.25, -0.2) is 0 Å². The van der Waals surface area contributed by atoms with Crippen molar-refractivity contribution in [2.24, 2.45) is 0 Å². The molecule has 0 radical (unpaired) electrons. The molecule has 1 aliphatic rings. The quantitative estimate of drug-likeness (QED) is 0.709. The number of hydrogen-bond acceptors (Lipinski definition) is 3. The van der Waals surface area contributed by atoms with Crippen LogP contribution in [0.2, 0.25) is 10.6 Å². The van der Waals surface area contributed by atoms with Crippen LogP contribution in [0.3, 0.4) is 0 Å². The molecule has 0 N–H and O–H groups in total. The number of hydrogen-bond donors (Lipinski definition) is 0. The first-order valence-electron chi connectivity index (χ1n) is 5.45. The van der Waals surface area contributed by atoms with Gasteiger partial charge in [-0.05, 0) is 12.2 Å². The summed E-state index contributed by atoms with van der Waals surface area (Å²) in [5.41, 5.74) is 0.206. The highest BCUT2D eigenvalue weighted by Gasteiger charge is 2.53. The van der Waals surface area contributed by atoms with Gasteiger partial charge in [0.2, 0.25) is 0 Å². The van der Waals surface area contributed by atoms with Gasteiger partial charge in [0.25, 0.3) is 0 Å². The van der Waals surface area contributed by atoms with Crippen LogP contribution in [0.25, 0.3) is 0 Å². The van der Waals surface area contributed by atoms with Crippen molar-refractivity contribution in [3.8, 4) is 0 Å². The van der Waals surface area contributed by atoms with E-state index in [2.05, 4.69) is 32.9 Å². The first kappa shape index (κ1) is 13.5. The van der Waals surface area contributed by atoms with Crippen LogP contribution in [0.15, 0.2) is 24.0 Å². The van der Waals surface area contributed by atoms with Gasteiger partial charge in [-0.2, -0.15) is 0 Å². The molecule has 0 aromatic rings. The van der Waals surface area contributed by atoms with Crippen LogP contribution in [0.1, 0.15) is 20.8 Å². The van der Waals surface area contributed by atoms with Crippen molar-refractivity contribution < 1.29 is 13.6 Å². The van der Waals surface area contributed by atoms with Crippen LogP contribution < -0.4 is 0 Å². The molecule has 1 rings (SSSR count). The third kappa shape index (κ3) is 2.10. The third-order valence-corrected chi connectivity index (χ3v) is 7.68. The summed E-state index contributed by atoms with van der Waals surface area (Å²) in [7, 11) is 2.85. The SMILES string of the molecule is COC1=CC([Si](OC)(OC)C(C)(C)C)C=C1. The number of methoxy groups -OCH3 is 1. The van der Waals surface area contributed by atoms with E-state index >= 15 is 0 Å². The highest BCUT2D eigenvalue weighted by Crippen LogP contribution is 2.47. The molecule has 0 saturated heterocycles. The van der Waals surface area contributed by atoms with Crippen LogP contribution in [0, 0.1) is 0 Å². The molecule has 1 aliphatic carbocycles. The summed E-state index contributed by atoms with van der Waals surface area (Å²) in [4.78, 5) is 0. The number of rotatable bonds is 4. The average Bonchev–Trinajstić information content (AvgIpc) is 2.67. The Balaban J connectivity index is 3.06. The summed E-state index contributed by atoms with van der Waals surface area (Å²) < 4.78 is 16.8. The van der Waals surface area contributed by atoms with E-state index in [4.69, 9.17) is 13.6 Å².